The number of halogens is 2. The zero-order chi connectivity index (χ0) is 13.0. The van der Waals surface area contributed by atoms with Crippen LogP contribution in [0.1, 0.15) is 11.3 Å². The molecule has 0 spiro atoms. The number of aliphatic hydroxyl groups excluding tert-OH is 1. The van der Waals surface area contributed by atoms with E-state index in [9.17, 15) is 0 Å². The van der Waals surface area contributed by atoms with Crippen LogP contribution in [0.2, 0.25) is 10.0 Å². The highest BCUT2D eigenvalue weighted by Gasteiger charge is 2.03. The Bertz CT molecular complexity index is 529. The number of hydrogen-bond donors (Lipinski definition) is 1. The lowest BCUT2D eigenvalue weighted by Crippen LogP contribution is -1.97. The molecule has 0 aliphatic heterocycles. The summed E-state index contributed by atoms with van der Waals surface area (Å²) >= 11 is 11.9. The topological polar surface area (TPSA) is 42.4 Å². The molecule has 0 unspecified atom stereocenters. The molecule has 0 radical (unpaired) electrons. The average molecular weight is 284 g/mol. The molecule has 94 valence electrons. The molecule has 2 aromatic rings. The highest BCUT2D eigenvalue weighted by molar-refractivity contribution is 6.33. The molecule has 1 aromatic heterocycles. The van der Waals surface area contributed by atoms with Crippen LogP contribution in [0, 0.1) is 0 Å². The summed E-state index contributed by atoms with van der Waals surface area (Å²) in [5.74, 6) is 0.614. The second kappa shape index (κ2) is 6.05. The van der Waals surface area contributed by atoms with Crippen LogP contribution < -0.4 is 4.74 Å². The van der Waals surface area contributed by atoms with Crippen molar-refractivity contribution in [1.82, 2.24) is 4.98 Å². The van der Waals surface area contributed by atoms with Gasteiger partial charge >= 0.3 is 0 Å². The third kappa shape index (κ3) is 3.35. The van der Waals surface area contributed by atoms with Crippen LogP contribution in [0.4, 0.5) is 0 Å². The van der Waals surface area contributed by atoms with E-state index in [1.165, 1.54) is 0 Å². The minimum atomic E-state index is -0.0829. The Labute approximate surface area is 115 Å². The lowest BCUT2D eigenvalue weighted by atomic mass is 10.2. The first-order valence-electron chi connectivity index (χ1n) is 5.31. The van der Waals surface area contributed by atoms with Crippen molar-refractivity contribution >= 4 is 23.2 Å². The van der Waals surface area contributed by atoms with E-state index in [-0.39, 0.29) is 6.61 Å². The molecule has 3 nitrogen and oxygen atoms in total. The molecule has 0 amide bonds. The van der Waals surface area contributed by atoms with E-state index in [1.807, 2.05) is 0 Å². The fraction of sp³-hybridized carbons (Fsp3) is 0.154. The molecule has 1 heterocycles. The minimum Gasteiger partial charge on any atom is -0.487 e. The Balaban J connectivity index is 2.04. The highest BCUT2D eigenvalue weighted by Crippen LogP contribution is 2.22. The molecule has 0 saturated heterocycles. The first-order chi connectivity index (χ1) is 8.69. The maximum atomic E-state index is 8.87. The van der Waals surface area contributed by atoms with Crippen LogP contribution in [0.25, 0.3) is 0 Å². The molecule has 0 aliphatic carbocycles. The van der Waals surface area contributed by atoms with E-state index < -0.39 is 0 Å². The Morgan fingerprint density at radius 3 is 2.67 bits per heavy atom. The SMILES string of the molecule is OCc1ccc(OCc2cc(Cl)ccc2Cl)cn1. The molecule has 0 saturated carbocycles. The fourth-order valence-electron chi connectivity index (χ4n) is 1.40. The Morgan fingerprint density at radius 1 is 1.17 bits per heavy atom. The second-order valence-corrected chi connectivity index (χ2v) is 4.51. The van der Waals surface area contributed by atoms with Gasteiger partial charge in [0, 0.05) is 15.6 Å². The molecular formula is C13H11Cl2NO2. The highest BCUT2D eigenvalue weighted by atomic mass is 35.5. The summed E-state index contributed by atoms with van der Waals surface area (Å²) in [6.45, 7) is 0.236. The summed E-state index contributed by atoms with van der Waals surface area (Å²) in [6.07, 6.45) is 1.56. The van der Waals surface area contributed by atoms with Crippen molar-refractivity contribution in [3.05, 3.63) is 57.8 Å². The number of benzene rings is 1. The number of aromatic nitrogens is 1. The van der Waals surface area contributed by atoms with Gasteiger partial charge in [0.05, 0.1) is 18.5 Å². The Morgan fingerprint density at radius 2 is 2.00 bits per heavy atom. The number of ether oxygens (including phenoxy) is 1. The van der Waals surface area contributed by atoms with Crippen molar-refractivity contribution in [3.8, 4) is 5.75 Å². The van der Waals surface area contributed by atoms with Crippen molar-refractivity contribution in [2.45, 2.75) is 13.2 Å². The number of aliphatic hydroxyl groups is 1. The quantitative estimate of drug-likeness (QED) is 0.934. The van der Waals surface area contributed by atoms with Gasteiger partial charge in [-0.15, -0.1) is 0 Å². The minimum absolute atomic E-state index is 0.0829. The predicted octanol–water partition coefficient (Wildman–Crippen LogP) is 3.46. The molecule has 1 N–H and O–H groups in total. The van der Waals surface area contributed by atoms with Crippen molar-refractivity contribution < 1.29 is 9.84 Å². The molecule has 0 bridgehead atoms. The van der Waals surface area contributed by atoms with Gasteiger partial charge in [-0.25, -0.2) is 0 Å². The van der Waals surface area contributed by atoms with Gasteiger partial charge in [0.1, 0.15) is 12.4 Å². The summed E-state index contributed by atoms with van der Waals surface area (Å²) in [4.78, 5) is 4.02. The van der Waals surface area contributed by atoms with Crippen LogP contribution in [-0.4, -0.2) is 10.1 Å². The van der Waals surface area contributed by atoms with E-state index in [0.717, 1.165) is 5.56 Å². The van der Waals surface area contributed by atoms with Crippen LogP contribution in [-0.2, 0) is 13.2 Å². The van der Waals surface area contributed by atoms with Gasteiger partial charge in [-0.1, -0.05) is 23.2 Å². The fourth-order valence-corrected chi connectivity index (χ4v) is 1.77. The molecule has 2 rings (SSSR count). The van der Waals surface area contributed by atoms with Crippen LogP contribution >= 0.6 is 23.2 Å². The number of rotatable bonds is 4. The van der Waals surface area contributed by atoms with E-state index in [1.54, 1.807) is 36.5 Å². The summed E-state index contributed by atoms with van der Waals surface area (Å²) < 4.78 is 5.54. The Kier molecular flexibility index (Phi) is 4.42. The molecule has 0 fully saturated rings. The third-order valence-electron chi connectivity index (χ3n) is 2.36. The number of hydrogen-bond acceptors (Lipinski definition) is 3. The third-order valence-corrected chi connectivity index (χ3v) is 2.97. The summed E-state index contributed by atoms with van der Waals surface area (Å²) in [7, 11) is 0. The molecule has 0 atom stereocenters. The predicted molar refractivity (Wildman–Crippen MR) is 71.0 cm³/mol. The van der Waals surface area contributed by atoms with E-state index in [2.05, 4.69) is 4.98 Å². The largest absolute Gasteiger partial charge is 0.487 e. The molecule has 1 aromatic carbocycles. The van der Waals surface area contributed by atoms with Crippen molar-refractivity contribution in [2.24, 2.45) is 0 Å². The standard InChI is InChI=1S/C13H11Cl2NO2/c14-10-1-4-13(15)9(5-10)8-18-12-3-2-11(7-17)16-6-12/h1-6,17H,7-8H2. The summed E-state index contributed by atoms with van der Waals surface area (Å²) in [5.41, 5.74) is 1.42. The van der Waals surface area contributed by atoms with Gasteiger partial charge in [-0.2, -0.15) is 0 Å². The lowest BCUT2D eigenvalue weighted by molar-refractivity contribution is 0.275. The Hall–Kier alpha value is -1.29. The van der Waals surface area contributed by atoms with Gasteiger partial charge in [0.25, 0.3) is 0 Å². The zero-order valence-electron chi connectivity index (χ0n) is 9.44. The zero-order valence-corrected chi connectivity index (χ0v) is 10.9. The van der Waals surface area contributed by atoms with E-state index in [4.69, 9.17) is 33.0 Å². The van der Waals surface area contributed by atoms with Crippen molar-refractivity contribution in [2.75, 3.05) is 0 Å². The number of nitrogens with zero attached hydrogens (tertiary/aromatic N) is 1. The van der Waals surface area contributed by atoms with E-state index >= 15 is 0 Å². The smallest absolute Gasteiger partial charge is 0.138 e. The monoisotopic (exact) mass is 283 g/mol. The number of pyridine rings is 1. The maximum absolute atomic E-state index is 8.87. The van der Waals surface area contributed by atoms with Crippen LogP contribution in [0.3, 0.4) is 0 Å². The first-order valence-corrected chi connectivity index (χ1v) is 6.07. The average Bonchev–Trinajstić information content (AvgIpc) is 2.40. The van der Waals surface area contributed by atoms with Gasteiger partial charge in [0.15, 0.2) is 0 Å². The van der Waals surface area contributed by atoms with Gasteiger partial charge in [0.2, 0.25) is 0 Å². The summed E-state index contributed by atoms with van der Waals surface area (Å²) in [6, 6.07) is 8.67. The normalized spacial score (nSPS) is 10.4. The molecule has 5 heteroatoms. The molecular weight excluding hydrogens is 273 g/mol. The van der Waals surface area contributed by atoms with Gasteiger partial charge < -0.3 is 9.84 Å². The van der Waals surface area contributed by atoms with Crippen molar-refractivity contribution in [1.29, 1.82) is 0 Å². The summed E-state index contributed by atoms with van der Waals surface area (Å²) in [5, 5.41) is 10.1. The van der Waals surface area contributed by atoms with Crippen LogP contribution in [0.5, 0.6) is 5.75 Å². The second-order valence-electron chi connectivity index (χ2n) is 3.67. The van der Waals surface area contributed by atoms with Crippen LogP contribution in [0.15, 0.2) is 36.5 Å². The van der Waals surface area contributed by atoms with E-state index in [0.29, 0.717) is 28.1 Å². The van der Waals surface area contributed by atoms with Gasteiger partial charge in [-0.3, -0.25) is 4.98 Å². The lowest BCUT2D eigenvalue weighted by Gasteiger charge is -2.08. The molecule has 18 heavy (non-hydrogen) atoms. The van der Waals surface area contributed by atoms with Crippen molar-refractivity contribution in [3.63, 3.8) is 0 Å². The molecule has 0 aliphatic rings. The van der Waals surface area contributed by atoms with Gasteiger partial charge in [-0.05, 0) is 30.3 Å². The first kappa shape index (κ1) is 13.1. The maximum Gasteiger partial charge on any atom is 0.138 e.